The Morgan fingerprint density at radius 3 is 3.00 bits per heavy atom. The lowest BCUT2D eigenvalue weighted by Gasteiger charge is -2.17. The van der Waals surface area contributed by atoms with Crippen molar-refractivity contribution in [1.82, 2.24) is 0 Å². The van der Waals surface area contributed by atoms with E-state index < -0.39 is 0 Å². The lowest BCUT2D eigenvalue weighted by atomic mass is 9.90. The van der Waals surface area contributed by atoms with Gasteiger partial charge in [-0.05, 0) is 24.5 Å². The zero-order chi connectivity index (χ0) is 8.97. The number of rotatable bonds is 3. The maximum atomic E-state index is 10.4. The predicted molar refractivity (Wildman–Crippen MR) is 47.8 cm³/mol. The van der Waals surface area contributed by atoms with Gasteiger partial charge in [0.25, 0.3) is 0 Å². The topological polar surface area (TPSA) is 37.3 Å². The molecule has 1 atom stereocenters. The Kier molecular flexibility index (Phi) is 2.86. The summed E-state index contributed by atoms with van der Waals surface area (Å²) in [5.74, 6) is 0.396. The first-order chi connectivity index (χ1) is 5.77. The smallest absolute Gasteiger partial charge is 0.146 e. The highest BCUT2D eigenvalue weighted by molar-refractivity contribution is 5.74. The van der Waals surface area contributed by atoms with E-state index in [0.717, 1.165) is 11.9 Å². The molecule has 0 aromatic heterocycles. The van der Waals surface area contributed by atoms with Gasteiger partial charge in [-0.3, -0.25) is 4.79 Å². The third kappa shape index (κ3) is 1.84. The Morgan fingerprint density at radius 1 is 1.67 bits per heavy atom. The molecule has 12 heavy (non-hydrogen) atoms. The van der Waals surface area contributed by atoms with Crippen molar-refractivity contribution >= 4 is 6.29 Å². The number of hydrogen-bond acceptors (Lipinski definition) is 2. The van der Waals surface area contributed by atoms with Crippen molar-refractivity contribution in [3.63, 3.8) is 0 Å². The summed E-state index contributed by atoms with van der Waals surface area (Å²) in [4.78, 5) is 10.4. The monoisotopic (exact) mass is 164 g/mol. The summed E-state index contributed by atoms with van der Waals surface area (Å²) < 4.78 is 0. The van der Waals surface area contributed by atoms with Crippen LogP contribution < -0.4 is 0 Å². The zero-order valence-electron chi connectivity index (χ0n) is 6.86. The van der Waals surface area contributed by atoms with Crippen molar-refractivity contribution < 1.29 is 9.90 Å². The first-order valence-electron chi connectivity index (χ1n) is 3.93. The Balaban J connectivity index is 2.71. The molecule has 0 aromatic rings. The van der Waals surface area contributed by atoms with Crippen molar-refractivity contribution in [2.75, 3.05) is 0 Å². The van der Waals surface area contributed by atoms with Gasteiger partial charge in [-0.25, -0.2) is 0 Å². The van der Waals surface area contributed by atoms with E-state index in [1.165, 1.54) is 0 Å². The van der Waals surface area contributed by atoms with Crippen LogP contribution in [0.1, 0.15) is 12.8 Å². The van der Waals surface area contributed by atoms with Crippen molar-refractivity contribution in [2.45, 2.75) is 12.8 Å². The second kappa shape index (κ2) is 3.90. The molecule has 0 heterocycles. The summed E-state index contributed by atoms with van der Waals surface area (Å²) in [5, 5.41) is 9.37. The van der Waals surface area contributed by atoms with Gasteiger partial charge >= 0.3 is 0 Å². The highest BCUT2D eigenvalue weighted by Gasteiger charge is 2.16. The Labute approximate surface area is 71.9 Å². The third-order valence-corrected chi connectivity index (χ3v) is 1.97. The number of aliphatic hydroxyl groups is 1. The van der Waals surface area contributed by atoms with Gasteiger partial charge in [-0.1, -0.05) is 12.2 Å². The molecule has 0 amide bonds. The van der Waals surface area contributed by atoms with Gasteiger partial charge in [0.15, 0.2) is 0 Å². The average Bonchev–Trinajstić information content (AvgIpc) is 2.09. The Hall–Kier alpha value is -1.31. The Bertz CT molecular complexity index is 249. The molecule has 0 saturated heterocycles. The maximum absolute atomic E-state index is 10.4. The van der Waals surface area contributed by atoms with Gasteiger partial charge in [0.05, 0.1) is 5.76 Å². The fourth-order valence-corrected chi connectivity index (χ4v) is 1.28. The highest BCUT2D eigenvalue weighted by atomic mass is 16.3. The Morgan fingerprint density at radius 2 is 2.42 bits per heavy atom. The first kappa shape index (κ1) is 8.78. The van der Waals surface area contributed by atoms with Crippen molar-refractivity contribution in [3.8, 4) is 0 Å². The second-order valence-electron chi connectivity index (χ2n) is 2.88. The number of hydrogen-bond donors (Lipinski definition) is 1. The summed E-state index contributed by atoms with van der Waals surface area (Å²) in [6.07, 6.45) is 7.16. The lowest BCUT2D eigenvalue weighted by molar-refractivity contribution is -0.105. The second-order valence-corrected chi connectivity index (χ2v) is 2.88. The molecular weight excluding hydrogens is 152 g/mol. The fourth-order valence-electron chi connectivity index (χ4n) is 1.28. The lowest BCUT2D eigenvalue weighted by Crippen LogP contribution is -2.08. The van der Waals surface area contributed by atoms with Crippen LogP contribution in [0, 0.1) is 5.92 Å². The largest absolute Gasteiger partial charge is 0.512 e. The van der Waals surface area contributed by atoms with Crippen LogP contribution in [-0.2, 0) is 4.79 Å². The molecule has 0 radical (unpaired) electrons. The third-order valence-electron chi connectivity index (χ3n) is 1.97. The molecule has 1 N–H and O–H groups in total. The van der Waals surface area contributed by atoms with E-state index in [1.54, 1.807) is 18.2 Å². The molecular formula is C10H12O2. The SMILES string of the molecule is C=CCC1CC(C=O)=CC=C1O. The minimum Gasteiger partial charge on any atom is -0.512 e. The van der Waals surface area contributed by atoms with Crippen LogP contribution in [0.25, 0.3) is 0 Å². The molecule has 1 unspecified atom stereocenters. The minimum absolute atomic E-state index is 0.0488. The fraction of sp³-hybridized carbons (Fsp3) is 0.300. The summed E-state index contributed by atoms with van der Waals surface area (Å²) >= 11 is 0. The van der Waals surface area contributed by atoms with E-state index in [2.05, 4.69) is 6.58 Å². The zero-order valence-corrected chi connectivity index (χ0v) is 6.86. The van der Waals surface area contributed by atoms with Gasteiger partial charge in [0, 0.05) is 5.92 Å². The van der Waals surface area contributed by atoms with Crippen LogP contribution in [-0.4, -0.2) is 11.4 Å². The van der Waals surface area contributed by atoms with Gasteiger partial charge in [-0.2, -0.15) is 0 Å². The van der Waals surface area contributed by atoms with E-state index in [1.807, 2.05) is 0 Å². The molecule has 0 aliphatic heterocycles. The molecule has 0 bridgehead atoms. The van der Waals surface area contributed by atoms with Crippen LogP contribution in [0.3, 0.4) is 0 Å². The van der Waals surface area contributed by atoms with Crippen LogP contribution >= 0.6 is 0 Å². The molecule has 1 aliphatic rings. The molecule has 0 aromatic carbocycles. The molecule has 0 fully saturated rings. The van der Waals surface area contributed by atoms with Crippen molar-refractivity contribution in [2.24, 2.45) is 5.92 Å². The number of carbonyl (C=O) groups is 1. The van der Waals surface area contributed by atoms with Crippen LogP contribution in [0.5, 0.6) is 0 Å². The maximum Gasteiger partial charge on any atom is 0.146 e. The summed E-state index contributed by atoms with van der Waals surface area (Å²) in [6, 6.07) is 0. The van der Waals surface area contributed by atoms with E-state index in [-0.39, 0.29) is 5.92 Å². The van der Waals surface area contributed by atoms with Gasteiger partial charge in [0.1, 0.15) is 6.29 Å². The molecule has 1 aliphatic carbocycles. The normalized spacial score (nSPS) is 22.5. The van der Waals surface area contributed by atoms with Crippen molar-refractivity contribution in [1.29, 1.82) is 0 Å². The predicted octanol–water partition coefficient (Wildman–Crippen LogP) is 2.15. The number of aliphatic hydroxyl groups excluding tert-OH is 1. The summed E-state index contributed by atoms with van der Waals surface area (Å²) in [7, 11) is 0. The van der Waals surface area contributed by atoms with Crippen LogP contribution in [0.4, 0.5) is 0 Å². The van der Waals surface area contributed by atoms with E-state index in [9.17, 15) is 9.90 Å². The average molecular weight is 164 g/mol. The van der Waals surface area contributed by atoms with Crippen LogP contribution in [0.15, 0.2) is 36.1 Å². The number of allylic oxidation sites excluding steroid dienone is 5. The van der Waals surface area contributed by atoms with Gasteiger partial charge in [0.2, 0.25) is 0 Å². The molecule has 0 spiro atoms. The van der Waals surface area contributed by atoms with E-state index >= 15 is 0 Å². The van der Waals surface area contributed by atoms with E-state index in [4.69, 9.17) is 0 Å². The molecule has 2 heteroatoms. The van der Waals surface area contributed by atoms with E-state index in [0.29, 0.717) is 18.6 Å². The molecule has 1 rings (SSSR count). The number of carbonyl (C=O) groups excluding carboxylic acids is 1. The quantitative estimate of drug-likeness (QED) is 0.512. The molecule has 0 saturated carbocycles. The highest BCUT2D eigenvalue weighted by Crippen LogP contribution is 2.25. The minimum atomic E-state index is 0.0488. The summed E-state index contributed by atoms with van der Waals surface area (Å²) in [5.41, 5.74) is 0.736. The molecule has 2 nitrogen and oxygen atoms in total. The number of aldehydes is 1. The summed E-state index contributed by atoms with van der Waals surface area (Å²) in [6.45, 7) is 3.59. The van der Waals surface area contributed by atoms with Crippen LogP contribution in [0.2, 0.25) is 0 Å². The standard InChI is InChI=1S/C10H12O2/c1-2-3-9-6-8(7-11)4-5-10(9)12/h2,4-5,7,9,12H,1,3,6H2. The van der Waals surface area contributed by atoms with Crippen molar-refractivity contribution in [3.05, 3.63) is 36.1 Å². The molecule has 64 valence electrons. The van der Waals surface area contributed by atoms with Gasteiger partial charge in [-0.15, -0.1) is 6.58 Å². The van der Waals surface area contributed by atoms with Gasteiger partial charge < -0.3 is 5.11 Å². The first-order valence-corrected chi connectivity index (χ1v) is 3.93.